The van der Waals surface area contributed by atoms with E-state index in [1.54, 1.807) is 7.05 Å². The zero-order valence-corrected chi connectivity index (χ0v) is 24.9. The van der Waals surface area contributed by atoms with E-state index in [4.69, 9.17) is 25.7 Å². The number of aliphatic hydroxyl groups excluding tert-OH is 7. The van der Waals surface area contributed by atoms with Crippen LogP contribution in [0.4, 0.5) is 0 Å². The number of hydrogen-bond donors (Lipinski definition) is 13. The van der Waals surface area contributed by atoms with Gasteiger partial charge in [-0.2, -0.15) is 0 Å². The Hall–Kier alpha value is -0.640. The van der Waals surface area contributed by atoms with Gasteiger partial charge in [-0.05, 0) is 45.7 Å². The molecule has 14 atom stereocenters. The summed E-state index contributed by atoms with van der Waals surface area (Å²) in [6, 6.07) is -2.98. The summed E-state index contributed by atoms with van der Waals surface area (Å²) in [5.74, 6) is -0.596. The largest absolute Gasteiger partial charge is 0.395 e. The Morgan fingerprint density at radius 1 is 0.930 bits per heavy atom. The molecule has 0 aromatic rings. The number of rotatable bonds is 12. The van der Waals surface area contributed by atoms with Gasteiger partial charge in [-0.3, -0.25) is 0 Å². The molecule has 4 aliphatic rings. The van der Waals surface area contributed by atoms with Crippen LogP contribution in [0.3, 0.4) is 0 Å². The Balaban J connectivity index is 1.53. The van der Waals surface area contributed by atoms with Gasteiger partial charge >= 0.3 is 0 Å². The minimum absolute atomic E-state index is 0.120. The minimum Gasteiger partial charge on any atom is -0.395 e. The fraction of sp³-hybridized carbons (Fsp3) is 1.00. The number of ether oxygens (including phenoxy) is 3. The summed E-state index contributed by atoms with van der Waals surface area (Å²) in [5.41, 5.74) is 11.0. The lowest BCUT2D eigenvalue weighted by Gasteiger charge is -2.52. The lowest BCUT2D eigenvalue weighted by molar-refractivity contribution is -0.304. The number of aliphatic hydroxyl groups is 8. The molecule has 0 amide bonds. The highest BCUT2D eigenvalue weighted by Gasteiger charge is 2.56. The SMILES string of the molecule is CNC1C(O)C(OC2C(NC(CO)CO)CC(N)C(C3OC(CNCC4CC(N)C4)C(O)C(O)C3O)C2O)OCC1(C)O. The molecule has 252 valence electrons. The Morgan fingerprint density at radius 2 is 1.60 bits per heavy atom. The molecule has 0 radical (unpaired) electrons. The van der Waals surface area contributed by atoms with Crippen LogP contribution in [0.5, 0.6) is 0 Å². The van der Waals surface area contributed by atoms with Crippen LogP contribution >= 0.6 is 0 Å². The molecule has 15 N–H and O–H groups in total. The van der Waals surface area contributed by atoms with Gasteiger partial charge < -0.3 is 82.5 Å². The first kappa shape index (κ1) is 35.2. The number of nitrogens with one attached hydrogen (secondary N) is 3. The van der Waals surface area contributed by atoms with E-state index < -0.39 is 104 Å². The van der Waals surface area contributed by atoms with Crippen LogP contribution in [0.1, 0.15) is 26.2 Å². The van der Waals surface area contributed by atoms with Crippen molar-refractivity contribution in [2.45, 2.75) is 117 Å². The van der Waals surface area contributed by atoms with E-state index in [1.807, 2.05) is 0 Å². The second-order valence-electron chi connectivity index (χ2n) is 13.1. The molecule has 0 bridgehead atoms. The van der Waals surface area contributed by atoms with E-state index in [9.17, 15) is 40.9 Å². The van der Waals surface area contributed by atoms with Crippen molar-refractivity contribution in [2.24, 2.45) is 23.3 Å². The van der Waals surface area contributed by atoms with Crippen molar-refractivity contribution < 1.29 is 55.1 Å². The van der Waals surface area contributed by atoms with Crippen molar-refractivity contribution in [3.63, 3.8) is 0 Å². The van der Waals surface area contributed by atoms with E-state index in [2.05, 4.69) is 16.0 Å². The molecule has 2 aliphatic heterocycles. The highest BCUT2D eigenvalue weighted by atomic mass is 16.7. The Kier molecular flexibility index (Phi) is 12.2. The number of nitrogens with two attached hydrogens (primary N) is 2. The minimum atomic E-state index is -1.59. The maximum atomic E-state index is 11.8. The smallest absolute Gasteiger partial charge is 0.185 e. The molecule has 0 aromatic carbocycles. The van der Waals surface area contributed by atoms with Gasteiger partial charge in [0.1, 0.15) is 36.1 Å². The zero-order chi connectivity index (χ0) is 31.6. The molecule has 2 heterocycles. The van der Waals surface area contributed by atoms with E-state index >= 15 is 0 Å². The highest BCUT2D eigenvalue weighted by molar-refractivity contribution is 5.07. The summed E-state index contributed by atoms with van der Waals surface area (Å²) in [4.78, 5) is 0. The monoisotopic (exact) mass is 623 g/mol. The van der Waals surface area contributed by atoms with Gasteiger partial charge in [0.25, 0.3) is 0 Å². The maximum Gasteiger partial charge on any atom is 0.185 e. The van der Waals surface area contributed by atoms with Crippen LogP contribution in [-0.2, 0) is 14.2 Å². The van der Waals surface area contributed by atoms with Crippen molar-refractivity contribution in [3.8, 4) is 0 Å². The van der Waals surface area contributed by atoms with Crippen LogP contribution in [0.15, 0.2) is 0 Å². The van der Waals surface area contributed by atoms with E-state index in [0.29, 0.717) is 12.5 Å². The topological polar surface area (TPSA) is 278 Å². The normalized spacial score (nSPS) is 49.2. The molecule has 0 spiro atoms. The fourth-order valence-electron chi connectivity index (χ4n) is 7.11. The molecule has 14 unspecified atom stereocenters. The van der Waals surface area contributed by atoms with Crippen molar-refractivity contribution in [3.05, 3.63) is 0 Å². The second kappa shape index (κ2) is 14.8. The summed E-state index contributed by atoms with van der Waals surface area (Å²) in [7, 11) is 1.57. The molecular formula is C27H53N5O11. The van der Waals surface area contributed by atoms with Crippen molar-refractivity contribution >= 4 is 0 Å². The third-order valence-corrected chi connectivity index (χ3v) is 9.65. The molecule has 2 saturated carbocycles. The molecule has 4 rings (SSSR count). The van der Waals surface area contributed by atoms with E-state index in [-0.39, 0.29) is 25.6 Å². The van der Waals surface area contributed by atoms with Crippen molar-refractivity contribution in [1.82, 2.24) is 16.0 Å². The first-order chi connectivity index (χ1) is 20.3. The van der Waals surface area contributed by atoms with E-state index in [0.717, 1.165) is 12.8 Å². The zero-order valence-electron chi connectivity index (χ0n) is 24.9. The van der Waals surface area contributed by atoms with Crippen LogP contribution in [0.2, 0.25) is 0 Å². The summed E-state index contributed by atoms with van der Waals surface area (Å²) < 4.78 is 17.9. The first-order valence-electron chi connectivity index (χ1n) is 15.2. The highest BCUT2D eigenvalue weighted by Crippen LogP contribution is 2.37. The molecule has 16 nitrogen and oxygen atoms in total. The Morgan fingerprint density at radius 3 is 2.21 bits per heavy atom. The van der Waals surface area contributed by atoms with Crippen molar-refractivity contribution in [1.29, 1.82) is 0 Å². The van der Waals surface area contributed by atoms with Crippen LogP contribution in [-0.4, -0.2) is 172 Å². The first-order valence-corrected chi connectivity index (χ1v) is 15.2. The third kappa shape index (κ3) is 7.68. The summed E-state index contributed by atoms with van der Waals surface area (Å²) in [6.07, 6.45) is -10.0. The lowest BCUT2D eigenvalue weighted by Crippen LogP contribution is -2.71. The Bertz CT molecular complexity index is 869. The van der Waals surface area contributed by atoms with Crippen LogP contribution in [0.25, 0.3) is 0 Å². The maximum absolute atomic E-state index is 11.8. The van der Waals surface area contributed by atoms with Crippen LogP contribution in [0, 0.1) is 11.8 Å². The summed E-state index contributed by atoms with van der Waals surface area (Å²) >= 11 is 0. The molecule has 2 saturated heterocycles. The van der Waals surface area contributed by atoms with Gasteiger partial charge in [-0.15, -0.1) is 0 Å². The predicted molar refractivity (Wildman–Crippen MR) is 151 cm³/mol. The molecule has 0 aromatic heterocycles. The van der Waals surface area contributed by atoms with Gasteiger partial charge in [0, 0.05) is 30.6 Å². The van der Waals surface area contributed by atoms with Gasteiger partial charge in [-0.1, -0.05) is 0 Å². The molecular weight excluding hydrogens is 570 g/mol. The fourth-order valence-corrected chi connectivity index (χ4v) is 7.11. The quantitative estimate of drug-likeness (QED) is 0.0962. The van der Waals surface area contributed by atoms with Gasteiger partial charge in [0.2, 0.25) is 0 Å². The van der Waals surface area contributed by atoms with Crippen molar-refractivity contribution in [2.75, 3.05) is 40.0 Å². The average Bonchev–Trinajstić information content (AvgIpc) is 2.94. The number of likely N-dealkylation sites (N-methyl/N-ethyl adjacent to an activating group) is 1. The van der Waals surface area contributed by atoms with Crippen LogP contribution < -0.4 is 27.4 Å². The number of hydrogen-bond acceptors (Lipinski definition) is 16. The molecule has 43 heavy (non-hydrogen) atoms. The predicted octanol–water partition coefficient (Wildman–Crippen LogP) is -6.38. The summed E-state index contributed by atoms with van der Waals surface area (Å²) in [5, 5.41) is 94.4. The molecule has 4 fully saturated rings. The van der Waals surface area contributed by atoms with Gasteiger partial charge in [-0.25, -0.2) is 0 Å². The molecule has 2 aliphatic carbocycles. The Labute approximate surface area is 251 Å². The third-order valence-electron chi connectivity index (χ3n) is 9.65. The van der Waals surface area contributed by atoms with Gasteiger partial charge in [0.15, 0.2) is 6.29 Å². The second-order valence-corrected chi connectivity index (χ2v) is 13.1. The molecule has 16 heteroatoms. The standard InChI is InChI=1S/C27H53N5O11/c1-27(40)10-41-26(22(39)25(27)30-2)43-23-15(32-13(8-33)9-34)5-14(29)17(19(23)36)24-21(38)20(37)18(35)16(42-24)7-31-6-11-3-12(28)4-11/h11-26,30-40H,3-10,28-29H2,1-2H3. The van der Waals surface area contributed by atoms with E-state index in [1.165, 1.54) is 6.92 Å². The van der Waals surface area contributed by atoms with Gasteiger partial charge in [0.05, 0.1) is 50.2 Å². The average molecular weight is 624 g/mol. The summed E-state index contributed by atoms with van der Waals surface area (Å²) in [6.45, 7) is 1.31. The lowest BCUT2D eigenvalue weighted by atomic mass is 9.72.